The van der Waals surface area contributed by atoms with Crippen LogP contribution in [-0.4, -0.2) is 20.2 Å². The molecule has 1 heterocycles. The summed E-state index contributed by atoms with van der Waals surface area (Å²) in [5, 5.41) is 11.8. The maximum atomic E-state index is 13.3. The van der Waals surface area contributed by atoms with E-state index >= 15 is 0 Å². The third-order valence-electron chi connectivity index (χ3n) is 2.82. The van der Waals surface area contributed by atoms with Gasteiger partial charge < -0.3 is 0 Å². The highest BCUT2D eigenvalue weighted by Crippen LogP contribution is 2.25. The largest absolute Gasteiger partial charge is 0.207 e. The van der Waals surface area contributed by atoms with Crippen LogP contribution >= 0.6 is 0 Å². The minimum atomic E-state index is -0.608. The molecule has 0 spiro atoms. The average molecular weight is 272 g/mol. The van der Waals surface area contributed by atoms with Gasteiger partial charge in [-0.1, -0.05) is 18.2 Å². The number of benzene rings is 2. The quantitative estimate of drug-likeness (QED) is 0.720. The number of halogens is 2. The molecule has 2 aromatic carbocycles. The minimum Gasteiger partial charge on any atom is -0.207 e. The van der Waals surface area contributed by atoms with Gasteiger partial charge in [0.15, 0.2) is 0 Å². The van der Waals surface area contributed by atoms with Crippen molar-refractivity contribution in [3.05, 3.63) is 54.1 Å². The fourth-order valence-electron chi connectivity index (χ4n) is 1.96. The maximum absolute atomic E-state index is 13.3. The van der Waals surface area contributed by atoms with Crippen molar-refractivity contribution in [3.8, 4) is 22.5 Å². The highest BCUT2D eigenvalue weighted by molar-refractivity contribution is 5.70. The molecule has 3 rings (SSSR count). The van der Waals surface area contributed by atoms with Gasteiger partial charge in [-0.15, -0.1) is 10.2 Å². The Morgan fingerprint density at radius 3 is 2.25 bits per heavy atom. The van der Waals surface area contributed by atoms with E-state index in [2.05, 4.69) is 15.4 Å². The van der Waals surface area contributed by atoms with Crippen molar-refractivity contribution in [1.82, 2.24) is 20.2 Å². The first-order valence-corrected chi connectivity index (χ1v) is 5.93. The summed E-state index contributed by atoms with van der Waals surface area (Å²) in [6, 6.07) is 10.6. The fraction of sp³-hybridized carbons (Fsp3) is 0.0714. The molecule has 4 nitrogen and oxygen atoms in total. The second kappa shape index (κ2) is 4.80. The molecule has 0 saturated carbocycles. The van der Waals surface area contributed by atoms with Crippen molar-refractivity contribution in [2.24, 2.45) is 7.05 Å². The predicted octanol–water partition coefficient (Wildman–Crippen LogP) is 2.82. The lowest BCUT2D eigenvalue weighted by Crippen LogP contribution is -1.92. The second-order valence-electron chi connectivity index (χ2n) is 4.34. The van der Waals surface area contributed by atoms with E-state index in [1.54, 1.807) is 25.2 Å². The first-order chi connectivity index (χ1) is 9.61. The third-order valence-corrected chi connectivity index (χ3v) is 2.82. The van der Waals surface area contributed by atoms with Gasteiger partial charge in [-0.25, -0.2) is 8.78 Å². The molecule has 0 bridgehead atoms. The molecule has 1 aromatic heterocycles. The molecular weight excluding hydrogens is 262 g/mol. The molecular formula is C14H10F2N4. The van der Waals surface area contributed by atoms with Crippen LogP contribution in [0.5, 0.6) is 0 Å². The third kappa shape index (κ3) is 2.40. The van der Waals surface area contributed by atoms with E-state index in [1.165, 1.54) is 16.9 Å². The molecule has 0 unspecified atom stereocenters. The molecule has 100 valence electrons. The average Bonchev–Trinajstić information content (AvgIpc) is 2.85. The first kappa shape index (κ1) is 12.4. The number of hydrogen-bond acceptors (Lipinski definition) is 3. The van der Waals surface area contributed by atoms with Crippen LogP contribution in [0.2, 0.25) is 0 Å². The van der Waals surface area contributed by atoms with E-state index in [9.17, 15) is 8.78 Å². The normalized spacial score (nSPS) is 10.8. The van der Waals surface area contributed by atoms with Gasteiger partial charge >= 0.3 is 0 Å². The zero-order valence-corrected chi connectivity index (χ0v) is 10.6. The Morgan fingerprint density at radius 1 is 0.900 bits per heavy atom. The first-order valence-electron chi connectivity index (χ1n) is 5.93. The van der Waals surface area contributed by atoms with Crippen molar-refractivity contribution in [3.63, 3.8) is 0 Å². The van der Waals surface area contributed by atoms with Gasteiger partial charge in [-0.05, 0) is 34.5 Å². The summed E-state index contributed by atoms with van der Waals surface area (Å²) in [7, 11) is 1.67. The van der Waals surface area contributed by atoms with Crippen LogP contribution in [0.1, 0.15) is 0 Å². The second-order valence-corrected chi connectivity index (χ2v) is 4.34. The molecule has 0 fully saturated rings. The Bertz CT molecular complexity index is 747. The molecule has 0 saturated heterocycles. The summed E-state index contributed by atoms with van der Waals surface area (Å²) in [6.07, 6.45) is 0. The zero-order chi connectivity index (χ0) is 14.1. The Morgan fingerprint density at radius 2 is 1.60 bits per heavy atom. The van der Waals surface area contributed by atoms with Crippen LogP contribution in [0.3, 0.4) is 0 Å². The molecule has 0 N–H and O–H groups in total. The zero-order valence-electron chi connectivity index (χ0n) is 10.6. The van der Waals surface area contributed by atoms with Crippen molar-refractivity contribution in [2.75, 3.05) is 0 Å². The smallest absolute Gasteiger partial charge is 0.204 e. The summed E-state index contributed by atoms with van der Waals surface area (Å²) >= 11 is 0. The SMILES string of the molecule is Cn1nnc(-c2cccc(-c3cc(F)cc(F)c3)c2)n1. The van der Waals surface area contributed by atoms with Gasteiger partial charge in [0, 0.05) is 11.6 Å². The molecule has 6 heteroatoms. The van der Waals surface area contributed by atoms with Gasteiger partial charge in [0.05, 0.1) is 7.05 Å². The van der Waals surface area contributed by atoms with E-state index in [-0.39, 0.29) is 0 Å². The lowest BCUT2D eigenvalue weighted by Gasteiger charge is -2.04. The summed E-state index contributed by atoms with van der Waals surface area (Å²) < 4.78 is 26.5. The maximum Gasteiger partial charge on any atom is 0.204 e. The Kier molecular flexibility index (Phi) is 2.98. The summed E-state index contributed by atoms with van der Waals surface area (Å²) in [4.78, 5) is 1.35. The topological polar surface area (TPSA) is 43.6 Å². The van der Waals surface area contributed by atoms with Crippen LogP contribution in [0, 0.1) is 11.6 Å². The highest BCUT2D eigenvalue weighted by Gasteiger charge is 2.08. The summed E-state index contributed by atoms with van der Waals surface area (Å²) in [6.45, 7) is 0. The van der Waals surface area contributed by atoms with E-state index in [0.29, 0.717) is 17.0 Å². The standard InChI is InChI=1S/C14H10F2N4/c1-20-18-14(17-19-20)10-4-2-3-9(5-10)11-6-12(15)8-13(16)7-11/h2-8H,1H3. The van der Waals surface area contributed by atoms with E-state index < -0.39 is 11.6 Å². The Hall–Kier alpha value is -2.63. The van der Waals surface area contributed by atoms with Gasteiger partial charge in [-0.2, -0.15) is 4.80 Å². The van der Waals surface area contributed by atoms with Crippen LogP contribution < -0.4 is 0 Å². The number of nitrogens with zero attached hydrogens (tertiary/aromatic N) is 4. The van der Waals surface area contributed by atoms with Crippen LogP contribution in [0.4, 0.5) is 8.78 Å². The van der Waals surface area contributed by atoms with Crippen molar-refractivity contribution in [1.29, 1.82) is 0 Å². The van der Waals surface area contributed by atoms with Gasteiger partial charge in [0.25, 0.3) is 0 Å². The molecule has 0 aliphatic heterocycles. The summed E-state index contributed by atoms with van der Waals surface area (Å²) in [5.74, 6) is -0.753. The van der Waals surface area contributed by atoms with E-state index in [1.807, 2.05) is 6.07 Å². The highest BCUT2D eigenvalue weighted by atomic mass is 19.1. The van der Waals surface area contributed by atoms with Crippen LogP contribution in [-0.2, 0) is 7.05 Å². The molecule has 0 radical (unpaired) electrons. The lowest BCUT2D eigenvalue weighted by molar-refractivity contribution is 0.584. The van der Waals surface area contributed by atoms with E-state index in [0.717, 1.165) is 11.6 Å². The van der Waals surface area contributed by atoms with Crippen LogP contribution in [0.25, 0.3) is 22.5 Å². The monoisotopic (exact) mass is 272 g/mol. The number of hydrogen-bond donors (Lipinski definition) is 0. The number of rotatable bonds is 2. The number of aromatic nitrogens is 4. The van der Waals surface area contributed by atoms with E-state index in [4.69, 9.17) is 0 Å². The van der Waals surface area contributed by atoms with Crippen molar-refractivity contribution < 1.29 is 8.78 Å². The van der Waals surface area contributed by atoms with Gasteiger partial charge in [0.2, 0.25) is 5.82 Å². The minimum absolute atomic E-state index is 0.464. The number of aryl methyl sites for hydroxylation is 1. The Balaban J connectivity index is 2.07. The van der Waals surface area contributed by atoms with Crippen molar-refractivity contribution in [2.45, 2.75) is 0 Å². The Labute approximate surface area is 113 Å². The summed E-state index contributed by atoms with van der Waals surface area (Å²) in [5.41, 5.74) is 1.89. The van der Waals surface area contributed by atoms with Crippen LogP contribution in [0.15, 0.2) is 42.5 Å². The predicted molar refractivity (Wildman–Crippen MR) is 69.6 cm³/mol. The fourth-order valence-corrected chi connectivity index (χ4v) is 1.96. The van der Waals surface area contributed by atoms with Gasteiger partial charge in [-0.3, -0.25) is 0 Å². The van der Waals surface area contributed by atoms with Crippen molar-refractivity contribution >= 4 is 0 Å². The molecule has 0 amide bonds. The molecule has 0 aliphatic rings. The molecule has 0 atom stereocenters. The number of tetrazole rings is 1. The molecule has 3 aromatic rings. The lowest BCUT2D eigenvalue weighted by atomic mass is 10.0. The molecule has 20 heavy (non-hydrogen) atoms. The van der Waals surface area contributed by atoms with Gasteiger partial charge in [0.1, 0.15) is 11.6 Å². The molecule has 0 aliphatic carbocycles.